The van der Waals surface area contributed by atoms with Gasteiger partial charge in [0.2, 0.25) is 0 Å². The number of piperidine rings is 1. The summed E-state index contributed by atoms with van der Waals surface area (Å²) >= 11 is 6.41. The monoisotopic (exact) mass is 401 g/mol. The van der Waals surface area contributed by atoms with Crippen LogP contribution in [0, 0.1) is 5.92 Å². The Morgan fingerprint density at radius 3 is 2.50 bits per heavy atom. The smallest absolute Gasteiger partial charge is 0.279 e. The molecule has 0 spiro atoms. The van der Waals surface area contributed by atoms with Crippen LogP contribution in [0.2, 0.25) is 5.02 Å². The molecule has 0 bridgehead atoms. The first-order chi connectivity index (χ1) is 12.5. The first-order valence-electron chi connectivity index (χ1n) is 9.28. The quantitative estimate of drug-likeness (QED) is 0.794. The summed E-state index contributed by atoms with van der Waals surface area (Å²) in [7, 11) is -3.48. The molecule has 26 heavy (non-hydrogen) atoms. The van der Waals surface area contributed by atoms with Gasteiger partial charge in [0.05, 0.1) is 19.3 Å². The van der Waals surface area contributed by atoms with Crippen LogP contribution in [0.3, 0.4) is 0 Å². The van der Waals surface area contributed by atoms with Crippen molar-refractivity contribution in [3.05, 3.63) is 34.9 Å². The van der Waals surface area contributed by atoms with Crippen molar-refractivity contribution in [2.24, 2.45) is 5.92 Å². The second-order valence-corrected chi connectivity index (χ2v) is 9.28. The summed E-state index contributed by atoms with van der Waals surface area (Å²) in [5.41, 5.74) is 0.950. The molecule has 146 valence electrons. The standard InChI is InChI=1S/C18H28ClN3O3S/c1-15-6-8-22(9-7-15)26(23,24)20-14-18(21-10-12-25-13-11-21)16-4-2-3-5-17(16)19/h2-5,15,18,20H,6-14H2,1H3/t18-/m0/s1. The Balaban J connectivity index is 1.72. The normalized spacial score (nSPS) is 22.4. The number of ether oxygens (including phenoxy) is 1. The van der Waals surface area contributed by atoms with E-state index in [9.17, 15) is 8.42 Å². The molecule has 1 aromatic carbocycles. The predicted molar refractivity (Wildman–Crippen MR) is 103 cm³/mol. The van der Waals surface area contributed by atoms with Crippen molar-refractivity contribution in [3.63, 3.8) is 0 Å². The van der Waals surface area contributed by atoms with Gasteiger partial charge in [-0.3, -0.25) is 4.90 Å². The van der Waals surface area contributed by atoms with Crippen molar-refractivity contribution in [2.75, 3.05) is 45.9 Å². The van der Waals surface area contributed by atoms with Crippen molar-refractivity contribution in [3.8, 4) is 0 Å². The van der Waals surface area contributed by atoms with Crippen LogP contribution in [0.1, 0.15) is 31.4 Å². The first kappa shape index (κ1) is 20.0. The highest BCUT2D eigenvalue weighted by atomic mass is 35.5. The minimum Gasteiger partial charge on any atom is -0.379 e. The molecule has 0 aliphatic carbocycles. The lowest BCUT2D eigenvalue weighted by Gasteiger charge is -2.36. The predicted octanol–water partition coefficient (Wildman–Crippen LogP) is 2.28. The molecule has 0 unspecified atom stereocenters. The molecule has 1 atom stereocenters. The summed E-state index contributed by atoms with van der Waals surface area (Å²) in [5, 5.41) is 0.662. The van der Waals surface area contributed by atoms with Crippen LogP contribution in [0.15, 0.2) is 24.3 Å². The molecule has 3 rings (SSSR count). The van der Waals surface area contributed by atoms with Gasteiger partial charge in [-0.1, -0.05) is 36.7 Å². The van der Waals surface area contributed by atoms with Crippen LogP contribution in [0.5, 0.6) is 0 Å². The molecule has 0 aromatic heterocycles. The van der Waals surface area contributed by atoms with Crippen molar-refractivity contribution < 1.29 is 13.2 Å². The lowest BCUT2D eigenvalue weighted by molar-refractivity contribution is 0.0171. The van der Waals surface area contributed by atoms with Gasteiger partial charge in [-0.05, 0) is 30.4 Å². The Hall–Kier alpha value is -0.700. The molecule has 2 heterocycles. The Morgan fingerprint density at radius 1 is 1.19 bits per heavy atom. The summed E-state index contributed by atoms with van der Waals surface area (Å²) in [6.45, 7) is 6.48. The molecule has 0 amide bonds. The lowest BCUT2D eigenvalue weighted by Crippen LogP contribution is -2.48. The van der Waals surface area contributed by atoms with Gasteiger partial charge in [0.1, 0.15) is 0 Å². The minimum absolute atomic E-state index is 0.105. The number of hydrogen-bond donors (Lipinski definition) is 1. The Bertz CT molecular complexity index is 687. The number of morpholine rings is 1. The van der Waals surface area contributed by atoms with E-state index >= 15 is 0 Å². The summed E-state index contributed by atoms with van der Waals surface area (Å²) < 4.78 is 35.3. The third-order valence-electron chi connectivity index (χ3n) is 5.29. The van der Waals surface area contributed by atoms with E-state index < -0.39 is 10.2 Å². The SMILES string of the molecule is CC1CCN(S(=O)(=O)NC[C@@H](c2ccccc2Cl)N2CCOCC2)CC1. The summed E-state index contributed by atoms with van der Waals surface area (Å²) in [4.78, 5) is 2.24. The zero-order valence-electron chi connectivity index (χ0n) is 15.2. The van der Waals surface area contributed by atoms with Crippen LogP contribution in [0.4, 0.5) is 0 Å². The topological polar surface area (TPSA) is 61.9 Å². The molecule has 8 heteroatoms. The fourth-order valence-electron chi connectivity index (χ4n) is 3.57. The van der Waals surface area contributed by atoms with Crippen molar-refractivity contribution in [1.82, 2.24) is 13.9 Å². The van der Waals surface area contributed by atoms with Gasteiger partial charge < -0.3 is 4.74 Å². The van der Waals surface area contributed by atoms with Gasteiger partial charge in [-0.15, -0.1) is 0 Å². The molecule has 1 aromatic rings. The van der Waals surface area contributed by atoms with Crippen LogP contribution in [-0.4, -0.2) is 63.6 Å². The Morgan fingerprint density at radius 2 is 1.85 bits per heavy atom. The molecule has 2 saturated heterocycles. The van der Waals surface area contributed by atoms with Crippen LogP contribution >= 0.6 is 11.6 Å². The number of rotatable bonds is 6. The largest absolute Gasteiger partial charge is 0.379 e. The maximum Gasteiger partial charge on any atom is 0.279 e. The molecule has 2 fully saturated rings. The third-order valence-corrected chi connectivity index (χ3v) is 7.21. The zero-order valence-corrected chi connectivity index (χ0v) is 16.8. The zero-order chi connectivity index (χ0) is 18.6. The van der Waals surface area contributed by atoms with Gasteiger partial charge in [0.25, 0.3) is 10.2 Å². The van der Waals surface area contributed by atoms with E-state index in [-0.39, 0.29) is 6.04 Å². The molecule has 0 radical (unpaired) electrons. The van der Waals surface area contributed by atoms with E-state index in [0.717, 1.165) is 31.5 Å². The van der Waals surface area contributed by atoms with Gasteiger partial charge in [0.15, 0.2) is 0 Å². The van der Waals surface area contributed by atoms with Gasteiger partial charge in [-0.25, -0.2) is 4.72 Å². The fraction of sp³-hybridized carbons (Fsp3) is 0.667. The number of halogens is 1. The van der Waals surface area contributed by atoms with E-state index in [1.807, 2.05) is 24.3 Å². The van der Waals surface area contributed by atoms with Crippen LogP contribution in [-0.2, 0) is 14.9 Å². The van der Waals surface area contributed by atoms with Gasteiger partial charge in [-0.2, -0.15) is 12.7 Å². The van der Waals surface area contributed by atoms with Crippen LogP contribution in [0.25, 0.3) is 0 Å². The van der Waals surface area contributed by atoms with E-state index in [1.54, 1.807) is 4.31 Å². The van der Waals surface area contributed by atoms with E-state index in [4.69, 9.17) is 16.3 Å². The molecular weight excluding hydrogens is 374 g/mol. The Kier molecular flexibility index (Phi) is 6.93. The van der Waals surface area contributed by atoms with Crippen molar-refractivity contribution >= 4 is 21.8 Å². The number of hydrogen-bond acceptors (Lipinski definition) is 4. The average molecular weight is 402 g/mol. The van der Waals surface area contributed by atoms with E-state index in [1.165, 1.54) is 0 Å². The lowest BCUT2D eigenvalue weighted by atomic mass is 10.0. The Labute approximate surface area is 161 Å². The highest BCUT2D eigenvalue weighted by Gasteiger charge is 2.30. The highest BCUT2D eigenvalue weighted by molar-refractivity contribution is 7.87. The maximum atomic E-state index is 12.7. The fourth-order valence-corrected chi connectivity index (χ4v) is 5.08. The van der Waals surface area contributed by atoms with Crippen molar-refractivity contribution in [1.29, 1.82) is 0 Å². The summed E-state index contributed by atoms with van der Waals surface area (Å²) in [5.74, 6) is 0.589. The molecule has 2 aliphatic heterocycles. The molecule has 6 nitrogen and oxygen atoms in total. The summed E-state index contributed by atoms with van der Waals surface area (Å²) in [6.07, 6.45) is 1.83. The maximum absolute atomic E-state index is 12.7. The molecule has 0 saturated carbocycles. The second-order valence-electron chi connectivity index (χ2n) is 7.12. The number of nitrogens with zero attached hydrogens (tertiary/aromatic N) is 2. The number of nitrogens with one attached hydrogen (secondary N) is 1. The summed E-state index contributed by atoms with van der Waals surface area (Å²) in [6, 6.07) is 7.55. The van der Waals surface area contributed by atoms with E-state index in [0.29, 0.717) is 43.8 Å². The minimum atomic E-state index is -3.48. The first-order valence-corrected chi connectivity index (χ1v) is 11.1. The number of benzene rings is 1. The van der Waals surface area contributed by atoms with Gasteiger partial charge >= 0.3 is 0 Å². The molecule has 1 N–H and O–H groups in total. The second kappa shape index (κ2) is 8.99. The van der Waals surface area contributed by atoms with Gasteiger partial charge in [0, 0.05) is 37.7 Å². The van der Waals surface area contributed by atoms with E-state index in [2.05, 4.69) is 16.5 Å². The average Bonchev–Trinajstić information content (AvgIpc) is 2.64. The molecular formula is C18H28ClN3O3S. The third kappa shape index (κ3) is 4.97. The van der Waals surface area contributed by atoms with Crippen LogP contribution < -0.4 is 4.72 Å². The highest BCUT2D eigenvalue weighted by Crippen LogP contribution is 2.28. The molecule has 2 aliphatic rings. The van der Waals surface area contributed by atoms with Crippen molar-refractivity contribution in [2.45, 2.75) is 25.8 Å².